The predicted octanol–water partition coefficient (Wildman–Crippen LogP) is 1.33. The number of hydrogen-bond acceptors (Lipinski definition) is 4. The lowest BCUT2D eigenvalue weighted by Gasteiger charge is -2.26. The number of hydrogen-bond donors (Lipinski definition) is 2. The van der Waals surface area contributed by atoms with Gasteiger partial charge in [-0.15, -0.1) is 0 Å². The van der Waals surface area contributed by atoms with Gasteiger partial charge in [0.1, 0.15) is 17.3 Å². The smallest absolute Gasteiger partial charge is 0.326 e. The molecule has 1 aliphatic heterocycles. The van der Waals surface area contributed by atoms with Crippen LogP contribution in [-0.2, 0) is 15.1 Å². The van der Waals surface area contributed by atoms with E-state index in [9.17, 15) is 14.4 Å². The molecular weight excluding hydrogens is 288 g/mol. The van der Waals surface area contributed by atoms with E-state index in [0.717, 1.165) is 4.90 Å². The standard InChI is InChI=1S/C15H18N2O5/c1-4-15(10-5-7-11(22-3)8-6-10)13(20)17(14(21)16-15)9(2)12(18)19/h5-9H,4H2,1-3H3,(H,16,21)(H,18,19). The van der Waals surface area contributed by atoms with Crippen molar-refractivity contribution in [1.29, 1.82) is 0 Å². The van der Waals surface area contributed by atoms with E-state index in [0.29, 0.717) is 17.7 Å². The van der Waals surface area contributed by atoms with Crippen LogP contribution < -0.4 is 10.1 Å². The summed E-state index contributed by atoms with van der Waals surface area (Å²) in [5.74, 6) is -1.16. The van der Waals surface area contributed by atoms with Gasteiger partial charge in [-0.25, -0.2) is 14.5 Å². The lowest BCUT2D eigenvalue weighted by Crippen LogP contribution is -2.46. The second-order valence-corrected chi connectivity index (χ2v) is 5.11. The Morgan fingerprint density at radius 3 is 2.41 bits per heavy atom. The van der Waals surface area contributed by atoms with Crippen LogP contribution in [0.2, 0.25) is 0 Å². The minimum absolute atomic E-state index is 0.312. The van der Waals surface area contributed by atoms with E-state index < -0.39 is 29.5 Å². The summed E-state index contributed by atoms with van der Waals surface area (Å²) in [5, 5.41) is 11.7. The molecule has 7 nitrogen and oxygen atoms in total. The highest BCUT2D eigenvalue weighted by Crippen LogP contribution is 2.34. The van der Waals surface area contributed by atoms with Gasteiger partial charge >= 0.3 is 12.0 Å². The maximum absolute atomic E-state index is 12.7. The Morgan fingerprint density at radius 1 is 1.36 bits per heavy atom. The number of urea groups is 1. The maximum Gasteiger partial charge on any atom is 0.326 e. The van der Waals surface area contributed by atoms with E-state index in [1.807, 2.05) is 0 Å². The van der Waals surface area contributed by atoms with Crippen molar-refractivity contribution in [2.24, 2.45) is 0 Å². The Labute approximate surface area is 127 Å². The van der Waals surface area contributed by atoms with E-state index in [4.69, 9.17) is 9.84 Å². The fourth-order valence-corrected chi connectivity index (χ4v) is 2.57. The number of nitrogens with zero attached hydrogens (tertiary/aromatic N) is 1. The van der Waals surface area contributed by atoms with Gasteiger partial charge in [0.25, 0.3) is 5.91 Å². The number of carboxylic acid groups (broad SMARTS) is 1. The molecule has 1 aromatic rings. The Hall–Kier alpha value is -2.57. The first-order chi connectivity index (χ1) is 10.4. The second kappa shape index (κ2) is 5.67. The van der Waals surface area contributed by atoms with Gasteiger partial charge in [0, 0.05) is 0 Å². The minimum atomic E-state index is -1.24. The van der Waals surface area contributed by atoms with Crippen LogP contribution in [0.3, 0.4) is 0 Å². The highest BCUT2D eigenvalue weighted by atomic mass is 16.5. The number of methoxy groups -OCH3 is 1. The number of carbonyl (C=O) groups is 3. The van der Waals surface area contributed by atoms with E-state index in [-0.39, 0.29) is 0 Å². The molecule has 1 aliphatic rings. The summed E-state index contributed by atoms with van der Waals surface area (Å²) < 4.78 is 5.08. The molecular formula is C15H18N2O5. The maximum atomic E-state index is 12.7. The summed E-state index contributed by atoms with van der Waals surface area (Å²) in [6.07, 6.45) is 0.312. The highest BCUT2D eigenvalue weighted by Gasteiger charge is 2.53. The van der Waals surface area contributed by atoms with Crippen molar-refractivity contribution >= 4 is 17.9 Å². The first-order valence-electron chi connectivity index (χ1n) is 6.90. The molecule has 0 aromatic heterocycles. The molecule has 0 aliphatic carbocycles. The van der Waals surface area contributed by atoms with Crippen molar-refractivity contribution < 1.29 is 24.2 Å². The molecule has 2 unspecified atom stereocenters. The number of benzene rings is 1. The van der Waals surface area contributed by atoms with Gasteiger partial charge in [-0.05, 0) is 31.0 Å². The summed E-state index contributed by atoms with van der Waals surface area (Å²) in [6, 6.07) is 4.84. The predicted molar refractivity (Wildman–Crippen MR) is 77.4 cm³/mol. The van der Waals surface area contributed by atoms with Crippen LogP contribution in [0.5, 0.6) is 5.75 Å². The molecule has 1 heterocycles. The normalized spacial score (nSPS) is 22.4. The number of aliphatic carboxylic acids is 1. The zero-order valence-corrected chi connectivity index (χ0v) is 12.6. The Morgan fingerprint density at radius 2 is 1.95 bits per heavy atom. The third-order valence-electron chi connectivity index (χ3n) is 3.98. The van der Waals surface area contributed by atoms with E-state index >= 15 is 0 Å². The number of rotatable bonds is 5. The lowest BCUT2D eigenvalue weighted by atomic mass is 9.87. The summed E-state index contributed by atoms with van der Waals surface area (Å²) in [4.78, 5) is 36.7. The topological polar surface area (TPSA) is 95.9 Å². The molecule has 22 heavy (non-hydrogen) atoms. The van der Waals surface area contributed by atoms with Gasteiger partial charge < -0.3 is 15.2 Å². The van der Waals surface area contributed by atoms with E-state index in [2.05, 4.69) is 5.32 Å². The molecule has 2 N–H and O–H groups in total. The van der Waals surface area contributed by atoms with Crippen molar-refractivity contribution in [3.8, 4) is 5.75 Å². The Kier molecular flexibility index (Phi) is 4.07. The van der Waals surface area contributed by atoms with Gasteiger partial charge in [0.05, 0.1) is 7.11 Å². The molecule has 2 atom stereocenters. The molecule has 1 saturated heterocycles. The van der Waals surface area contributed by atoms with Crippen LogP contribution >= 0.6 is 0 Å². The number of carboxylic acids is 1. The van der Waals surface area contributed by atoms with Crippen molar-refractivity contribution in [2.75, 3.05) is 7.11 Å². The molecule has 0 spiro atoms. The molecule has 7 heteroatoms. The average Bonchev–Trinajstić information content (AvgIpc) is 2.78. The molecule has 3 amide bonds. The van der Waals surface area contributed by atoms with Crippen molar-refractivity contribution in [1.82, 2.24) is 10.2 Å². The molecule has 2 rings (SSSR count). The Bertz CT molecular complexity index is 613. The van der Waals surface area contributed by atoms with Crippen LogP contribution in [0.4, 0.5) is 4.79 Å². The second-order valence-electron chi connectivity index (χ2n) is 5.11. The summed E-state index contributed by atoms with van der Waals surface area (Å²) >= 11 is 0. The molecule has 0 bridgehead atoms. The molecule has 0 radical (unpaired) electrons. The third kappa shape index (κ3) is 2.28. The van der Waals surface area contributed by atoms with Gasteiger partial charge in [0.15, 0.2) is 0 Å². The molecule has 0 saturated carbocycles. The van der Waals surface area contributed by atoms with Gasteiger partial charge in [-0.3, -0.25) is 4.79 Å². The number of imide groups is 1. The van der Waals surface area contributed by atoms with Gasteiger partial charge in [0.2, 0.25) is 0 Å². The number of amides is 3. The zero-order valence-electron chi connectivity index (χ0n) is 12.6. The quantitative estimate of drug-likeness (QED) is 0.800. The van der Waals surface area contributed by atoms with Crippen LogP contribution in [0.15, 0.2) is 24.3 Å². The van der Waals surface area contributed by atoms with E-state index in [1.54, 1.807) is 31.2 Å². The van der Waals surface area contributed by atoms with Crippen LogP contribution in [0.25, 0.3) is 0 Å². The Balaban J connectivity index is 2.44. The SMILES string of the molecule is CCC1(c2ccc(OC)cc2)NC(=O)N(C(C)C(=O)O)C1=O. The van der Waals surface area contributed by atoms with Crippen LogP contribution in [0.1, 0.15) is 25.8 Å². The fraction of sp³-hybridized carbons (Fsp3) is 0.400. The third-order valence-corrected chi connectivity index (χ3v) is 3.98. The van der Waals surface area contributed by atoms with Crippen molar-refractivity contribution in [2.45, 2.75) is 31.8 Å². The largest absolute Gasteiger partial charge is 0.497 e. The molecule has 1 aromatic carbocycles. The van der Waals surface area contributed by atoms with Gasteiger partial charge in [-0.1, -0.05) is 19.1 Å². The monoisotopic (exact) mass is 306 g/mol. The molecule has 118 valence electrons. The minimum Gasteiger partial charge on any atom is -0.497 e. The van der Waals surface area contributed by atoms with Crippen molar-refractivity contribution in [3.63, 3.8) is 0 Å². The molecule has 1 fully saturated rings. The number of ether oxygens (including phenoxy) is 1. The summed E-state index contributed by atoms with van der Waals surface area (Å²) in [5.41, 5.74) is -0.651. The lowest BCUT2D eigenvalue weighted by molar-refractivity contribution is -0.147. The summed E-state index contributed by atoms with van der Waals surface area (Å²) in [6.45, 7) is 3.07. The van der Waals surface area contributed by atoms with Gasteiger partial charge in [-0.2, -0.15) is 0 Å². The van der Waals surface area contributed by atoms with Crippen molar-refractivity contribution in [3.05, 3.63) is 29.8 Å². The number of nitrogens with one attached hydrogen (secondary N) is 1. The first-order valence-corrected chi connectivity index (χ1v) is 6.90. The van der Waals surface area contributed by atoms with Crippen LogP contribution in [0, 0.1) is 0 Å². The average molecular weight is 306 g/mol. The fourth-order valence-electron chi connectivity index (χ4n) is 2.57. The first kappa shape index (κ1) is 15.8. The van der Waals surface area contributed by atoms with Crippen LogP contribution in [-0.4, -0.2) is 41.1 Å². The highest BCUT2D eigenvalue weighted by molar-refractivity contribution is 6.09. The summed E-state index contributed by atoms with van der Waals surface area (Å²) in [7, 11) is 1.53. The number of carbonyl (C=O) groups excluding carboxylic acids is 2. The van der Waals surface area contributed by atoms with E-state index in [1.165, 1.54) is 14.0 Å². The zero-order chi connectivity index (χ0) is 16.5.